The molecule has 0 aliphatic rings. The fourth-order valence-electron chi connectivity index (χ4n) is 3.42. The Morgan fingerprint density at radius 1 is 0.903 bits per heavy atom. The van der Waals surface area contributed by atoms with Crippen LogP contribution in [0.15, 0.2) is 72.8 Å². The second-order valence-corrected chi connectivity index (χ2v) is 7.50. The maximum absolute atomic E-state index is 13.8. The Morgan fingerprint density at radius 3 is 2.13 bits per heavy atom. The van der Waals surface area contributed by atoms with E-state index < -0.39 is 5.97 Å². The van der Waals surface area contributed by atoms with E-state index in [1.807, 2.05) is 24.3 Å². The summed E-state index contributed by atoms with van der Waals surface area (Å²) >= 11 is 0. The first-order valence-corrected chi connectivity index (χ1v) is 10.5. The largest absolute Gasteiger partial charge is 0.478 e. The number of carboxylic acid groups (broad SMARTS) is 1. The number of carbonyl (C=O) groups excluding carboxylic acids is 1. The topological polar surface area (TPSA) is 57.6 Å². The Labute approximate surface area is 182 Å². The summed E-state index contributed by atoms with van der Waals surface area (Å²) in [6.07, 6.45) is 3.25. The first-order valence-electron chi connectivity index (χ1n) is 10.5. The number of unbranched alkanes of at least 4 members (excludes halogenated alkanes) is 2. The van der Waals surface area contributed by atoms with Crippen LogP contribution in [0.2, 0.25) is 0 Å². The maximum Gasteiger partial charge on any atom is 0.335 e. The van der Waals surface area contributed by atoms with Crippen LogP contribution >= 0.6 is 0 Å². The zero-order valence-corrected chi connectivity index (χ0v) is 17.6. The number of amides is 1. The second kappa shape index (κ2) is 10.5. The molecule has 0 aliphatic heterocycles. The predicted octanol–water partition coefficient (Wildman–Crippen LogP) is 6.30. The van der Waals surface area contributed by atoms with Gasteiger partial charge in [-0.15, -0.1) is 0 Å². The lowest BCUT2D eigenvalue weighted by atomic mass is 10.0. The summed E-state index contributed by atoms with van der Waals surface area (Å²) in [4.78, 5) is 25.5. The maximum atomic E-state index is 13.8. The smallest absolute Gasteiger partial charge is 0.335 e. The van der Waals surface area contributed by atoms with Crippen molar-refractivity contribution in [3.8, 4) is 11.1 Å². The third kappa shape index (κ3) is 6.01. The van der Waals surface area contributed by atoms with Gasteiger partial charge in [0.2, 0.25) is 5.91 Å². The third-order valence-electron chi connectivity index (χ3n) is 5.17. The minimum Gasteiger partial charge on any atom is -0.478 e. The molecule has 4 nitrogen and oxygen atoms in total. The predicted molar refractivity (Wildman–Crippen MR) is 121 cm³/mol. The minimum absolute atomic E-state index is 0.0209. The number of halogens is 1. The van der Waals surface area contributed by atoms with Gasteiger partial charge in [0.05, 0.1) is 12.1 Å². The lowest BCUT2D eigenvalue weighted by molar-refractivity contribution is -0.118. The van der Waals surface area contributed by atoms with Gasteiger partial charge >= 0.3 is 5.97 Å². The number of hydrogen-bond acceptors (Lipinski definition) is 2. The minimum atomic E-state index is -0.956. The molecule has 3 aromatic rings. The lowest BCUT2D eigenvalue weighted by Crippen LogP contribution is -2.30. The normalized spacial score (nSPS) is 10.6. The highest BCUT2D eigenvalue weighted by Crippen LogP contribution is 2.24. The van der Waals surface area contributed by atoms with E-state index in [9.17, 15) is 14.0 Å². The van der Waals surface area contributed by atoms with Crippen LogP contribution in [-0.4, -0.2) is 17.0 Å². The van der Waals surface area contributed by atoms with Crippen molar-refractivity contribution in [2.75, 3.05) is 4.90 Å². The molecule has 0 unspecified atom stereocenters. The summed E-state index contributed by atoms with van der Waals surface area (Å²) in [5.74, 6) is -1.35. The number of hydrogen-bond donors (Lipinski definition) is 1. The molecule has 0 aliphatic carbocycles. The quantitative estimate of drug-likeness (QED) is 0.414. The number of aromatic carboxylic acids is 1. The SMILES string of the molecule is CCCCCC(=O)N(Cc1ccc(-c2ccc(C(=O)O)cc2)cc1)c1cccc(F)c1. The van der Waals surface area contributed by atoms with Gasteiger partial charge in [-0.1, -0.05) is 62.2 Å². The van der Waals surface area contributed by atoms with Gasteiger partial charge in [-0.05, 0) is 53.4 Å². The molecule has 0 bridgehead atoms. The van der Waals surface area contributed by atoms with Gasteiger partial charge in [0, 0.05) is 12.1 Å². The molecule has 0 fully saturated rings. The molecule has 0 saturated carbocycles. The first kappa shape index (κ1) is 22.2. The van der Waals surface area contributed by atoms with E-state index in [2.05, 4.69) is 6.92 Å². The van der Waals surface area contributed by atoms with Crippen LogP contribution < -0.4 is 4.90 Å². The van der Waals surface area contributed by atoms with E-state index in [-0.39, 0.29) is 17.3 Å². The molecule has 0 atom stereocenters. The number of rotatable bonds is 9. The van der Waals surface area contributed by atoms with Gasteiger partial charge in [0.1, 0.15) is 5.82 Å². The van der Waals surface area contributed by atoms with Crippen LogP contribution in [0.25, 0.3) is 11.1 Å². The van der Waals surface area contributed by atoms with E-state index in [1.54, 1.807) is 41.3 Å². The van der Waals surface area contributed by atoms with Crippen LogP contribution in [0.5, 0.6) is 0 Å². The second-order valence-electron chi connectivity index (χ2n) is 7.50. The molecule has 3 rings (SSSR count). The molecule has 0 radical (unpaired) electrons. The van der Waals surface area contributed by atoms with Gasteiger partial charge in [-0.3, -0.25) is 4.79 Å². The molecule has 160 valence electrons. The fraction of sp³-hybridized carbons (Fsp3) is 0.231. The van der Waals surface area contributed by atoms with E-state index >= 15 is 0 Å². The van der Waals surface area contributed by atoms with E-state index in [0.717, 1.165) is 36.0 Å². The highest BCUT2D eigenvalue weighted by molar-refractivity contribution is 5.93. The molecule has 0 aromatic heterocycles. The third-order valence-corrected chi connectivity index (χ3v) is 5.17. The summed E-state index contributed by atoms with van der Waals surface area (Å²) in [6, 6.07) is 20.6. The van der Waals surface area contributed by atoms with Crippen molar-refractivity contribution in [3.05, 3.63) is 89.7 Å². The lowest BCUT2D eigenvalue weighted by Gasteiger charge is -2.23. The molecule has 5 heteroatoms. The summed E-state index contributed by atoms with van der Waals surface area (Å²) in [6.45, 7) is 2.44. The molecule has 0 saturated heterocycles. The molecule has 1 amide bonds. The van der Waals surface area contributed by atoms with E-state index in [1.165, 1.54) is 12.1 Å². The van der Waals surface area contributed by atoms with Crippen molar-refractivity contribution in [1.82, 2.24) is 0 Å². The molecule has 0 spiro atoms. The fourth-order valence-corrected chi connectivity index (χ4v) is 3.42. The van der Waals surface area contributed by atoms with Crippen molar-refractivity contribution in [3.63, 3.8) is 0 Å². The van der Waals surface area contributed by atoms with Crippen molar-refractivity contribution in [2.24, 2.45) is 0 Å². The number of nitrogens with zero attached hydrogens (tertiary/aromatic N) is 1. The Hall–Kier alpha value is -3.47. The van der Waals surface area contributed by atoms with Gasteiger partial charge in [-0.2, -0.15) is 0 Å². The monoisotopic (exact) mass is 419 g/mol. The molecule has 31 heavy (non-hydrogen) atoms. The van der Waals surface area contributed by atoms with Crippen molar-refractivity contribution < 1.29 is 19.1 Å². The summed E-state index contributed by atoms with van der Waals surface area (Å²) < 4.78 is 13.8. The van der Waals surface area contributed by atoms with Crippen molar-refractivity contribution in [2.45, 2.75) is 39.2 Å². The van der Waals surface area contributed by atoms with Gasteiger partial charge in [-0.25, -0.2) is 9.18 Å². The standard InChI is InChI=1S/C26H26FNO3/c1-2-3-4-8-25(29)28(24-7-5-6-23(27)17-24)18-19-9-11-20(12-10-19)21-13-15-22(16-14-21)26(30)31/h5-7,9-17H,2-4,8,18H2,1H3,(H,30,31). The Morgan fingerprint density at radius 2 is 1.55 bits per heavy atom. The zero-order valence-electron chi connectivity index (χ0n) is 17.6. The molecule has 0 heterocycles. The molecular weight excluding hydrogens is 393 g/mol. The van der Waals surface area contributed by atoms with Crippen LogP contribution in [0.3, 0.4) is 0 Å². The summed E-state index contributed by atoms with van der Waals surface area (Å²) in [5.41, 5.74) is 3.59. The Bertz CT molecular complexity index is 1030. The number of carbonyl (C=O) groups is 2. The average molecular weight is 419 g/mol. The summed E-state index contributed by atoms with van der Waals surface area (Å²) in [7, 11) is 0. The zero-order chi connectivity index (χ0) is 22.2. The summed E-state index contributed by atoms with van der Waals surface area (Å²) in [5, 5.41) is 9.03. The van der Waals surface area contributed by atoms with Crippen molar-refractivity contribution >= 4 is 17.6 Å². The molecule has 3 aromatic carbocycles. The average Bonchev–Trinajstić information content (AvgIpc) is 2.78. The number of anilines is 1. The van der Waals surface area contributed by atoms with Crippen LogP contribution in [0, 0.1) is 5.82 Å². The van der Waals surface area contributed by atoms with E-state index in [0.29, 0.717) is 18.7 Å². The Balaban J connectivity index is 1.78. The highest BCUT2D eigenvalue weighted by atomic mass is 19.1. The first-order chi connectivity index (χ1) is 15.0. The van der Waals surface area contributed by atoms with Gasteiger partial charge in [0.15, 0.2) is 0 Å². The van der Waals surface area contributed by atoms with Crippen molar-refractivity contribution in [1.29, 1.82) is 0 Å². The molecular formula is C26H26FNO3. The van der Waals surface area contributed by atoms with E-state index in [4.69, 9.17) is 5.11 Å². The molecule has 1 N–H and O–H groups in total. The highest BCUT2D eigenvalue weighted by Gasteiger charge is 2.16. The number of carboxylic acids is 1. The van der Waals surface area contributed by atoms with Crippen LogP contribution in [-0.2, 0) is 11.3 Å². The van der Waals surface area contributed by atoms with Crippen LogP contribution in [0.4, 0.5) is 10.1 Å². The Kier molecular flexibility index (Phi) is 7.55. The van der Waals surface area contributed by atoms with Gasteiger partial charge < -0.3 is 10.0 Å². The van der Waals surface area contributed by atoms with Gasteiger partial charge in [0.25, 0.3) is 0 Å². The van der Waals surface area contributed by atoms with Crippen LogP contribution in [0.1, 0.15) is 48.5 Å². The number of benzene rings is 3.